The number of nitro groups is 1. The van der Waals surface area contributed by atoms with Crippen LogP contribution in [0, 0.1) is 17.0 Å². The number of amides is 1. The van der Waals surface area contributed by atoms with Gasteiger partial charge in [0.05, 0.1) is 17.6 Å². The summed E-state index contributed by atoms with van der Waals surface area (Å²) in [5.41, 5.74) is 1.02. The first-order valence-electron chi connectivity index (χ1n) is 6.32. The van der Waals surface area contributed by atoms with Crippen molar-refractivity contribution in [2.75, 3.05) is 12.4 Å². The van der Waals surface area contributed by atoms with Crippen molar-refractivity contribution in [3.05, 3.63) is 62.1 Å². The van der Waals surface area contributed by atoms with Crippen LogP contribution in [0.25, 0.3) is 0 Å². The largest absolute Gasteiger partial charge is 0.496 e. The van der Waals surface area contributed by atoms with Crippen LogP contribution in [0.2, 0.25) is 0 Å². The van der Waals surface area contributed by atoms with Gasteiger partial charge in [-0.25, -0.2) is 0 Å². The number of aryl methyl sites for hydroxylation is 1. The van der Waals surface area contributed by atoms with Crippen LogP contribution in [0.3, 0.4) is 0 Å². The number of nitrogens with one attached hydrogen (secondary N) is 1. The lowest BCUT2D eigenvalue weighted by atomic mass is 10.1. The maximum Gasteiger partial charge on any atom is 0.293 e. The maximum atomic E-state index is 12.4. The Morgan fingerprint density at radius 2 is 2.00 bits per heavy atom. The van der Waals surface area contributed by atoms with E-state index in [9.17, 15) is 14.9 Å². The Morgan fingerprint density at radius 3 is 2.64 bits per heavy atom. The van der Waals surface area contributed by atoms with E-state index in [1.807, 2.05) is 0 Å². The number of hydrogen-bond acceptors (Lipinski definition) is 4. The van der Waals surface area contributed by atoms with Gasteiger partial charge >= 0.3 is 0 Å². The Morgan fingerprint density at radius 1 is 1.27 bits per heavy atom. The Kier molecular flexibility index (Phi) is 4.77. The minimum Gasteiger partial charge on any atom is -0.496 e. The highest BCUT2D eigenvalue weighted by molar-refractivity contribution is 9.10. The average Bonchev–Trinajstić information content (AvgIpc) is 2.48. The molecule has 0 aliphatic carbocycles. The van der Waals surface area contributed by atoms with Gasteiger partial charge in [-0.05, 0) is 36.8 Å². The minimum atomic E-state index is -0.527. The zero-order valence-electron chi connectivity index (χ0n) is 11.9. The summed E-state index contributed by atoms with van der Waals surface area (Å²) in [6.45, 7) is 1.75. The fourth-order valence-corrected chi connectivity index (χ4v) is 2.31. The van der Waals surface area contributed by atoms with Gasteiger partial charge in [0.2, 0.25) is 0 Å². The van der Waals surface area contributed by atoms with Crippen LogP contribution < -0.4 is 10.1 Å². The Labute approximate surface area is 135 Å². The smallest absolute Gasteiger partial charge is 0.293 e. The highest BCUT2D eigenvalue weighted by Gasteiger charge is 2.19. The second kappa shape index (κ2) is 6.57. The number of anilines is 1. The van der Waals surface area contributed by atoms with Crippen molar-refractivity contribution in [1.82, 2.24) is 0 Å². The molecule has 7 heteroatoms. The number of benzene rings is 2. The van der Waals surface area contributed by atoms with Gasteiger partial charge in [-0.2, -0.15) is 0 Å². The number of carbonyl (C=O) groups is 1. The summed E-state index contributed by atoms with van der Waals surface area (Å²) in [4.78, 5) is 22.9. The highest BCUT2D eigenvalue weighted by Crippen LogP contribution is 2.28. The number of ether oxygens (including phenoxy) is 1. The maximum absolute atomic E-state index is 12.4. The van der Waals surface area contributed by atoms with Crippen LogP contribution in [-0.4, -0.2) is 17.9 Å². The molecule has 0 spiro atoms. The normalized spacial score (nSPS) is 10.1. The van der Waals surface area contributed by atoms with E-state index in [1.54, 1.807) is 31.2 Å². The van der Waals surface area contributed by atoms with E-state index >= 15 is 0 Å². The molecule has 0 saturated heterocycles. The fraction of sp³-hybridized carbons (Fsp3) is 0.133. The number of nitro benzene ring substituents is 1. The third-order valence-corrected chi connectivity index (χ3v) is 3.50. The van der Waals surface area contributed by atoms with Crippen molar-refractivity contribution in [3.63, 3.8) is 0 Å². The molecule has 0 heterocycles. The van der Waals surface area contributed by atoms with Gasteiger partial charge < -0.3 is 10.1 Å². The summed E-state index contributed by atoms with van der Waals surface area (Å²) >= 11 is 3.28. The molecule has 114 valence electrons. The number of carbonyl (C=O) groups excluding carboxylic acids is 1. The molecule has 6 nitrogen and oxygen atoms in total. The van der Waals surface area contributed by atoms with E-state index in [1.165, 1.54) is 19.2 Å². The number of halogens is 1. The zero-order valence-corrected chi connectivity index (χ0v) is 13.5. The first-order chi connectivity index (χ1) is 10.4. The molecule has 0 radical (unpaired) electrons. The lowest BCUT2D eigenvalue weighted by molar-refractivity contribution is -0.384. The van der Waals surface area contributed by atoms with Gasteiger partial charge in [0.25, 0.3) is 11.6 Å². The molecule has 2 aromatic carbocycles. The molecular formula is C15H13BrN2O4. The molecule has 2 rings (SSSR count). The molecule has 0 aromatic heterocycles. The molecule has 2 aromatic rings. The standard InChI is InChI=1S/C15H13BrN2O4/c1-9-3-5-12(13(7-9)18(20)21)17-15(19)11-8-10(16)4-6-14(11)22-2/h3-8H,1-2H3,(H,17,19). The summed E-state index contributed by atoms with van der Waals surface area (Å²) in [7, 11) is 1.45. The van der Waals surface area contributed by atoms with Gasteiger partial charge in [-0.1, -0.05) is 22.0 Å². The summed E-state index contributed by atoms with van der Waals surface area (Å²) in [5.74, 6) is -0.0967. The Bertz CT molecular complexity index is 746. The van der Waals surface area contributed by atoms with Gasteiger partial charge in [0.15, 0.2) is 0 Å². The van der Waals surface area contributed by atoms with Crippen LogP contribution in [0.15, 0.2) is 40.9 Å². The predicted octanol–water partition coefficient (Wildman–Crippen LogP) is 3.93. The topological polar surface area (TPSA) is 81.5 Å². The van der Waals surface area contributed by atoms with E-state index in [-0.39, 0.29) is 16.9 Å². The molecule has 0 bridgehead atoms. The second-order valence-electron chi connectivity index (χ2n) is 4.58. The number of hydrogen-bond donors (Lipinski definition) is 1. The Balaban J connectivity index is 2.38. The van der Waals surface area contributed by atoms with E-state index in [4.69, 9.17) is 4.74 Å². The Hall–Kier alpha value is -2.41. The third kappa shape index (κ3) is 3.43. The highest BCUT2D eigenvalue weighted by atomic mass is 79.9. The lowest BCUT2D eigenvalue weighted by Gasteiger charge is -2.10. The van der Waals surface area contributed by atoms with Crippen molar-refractivity contribution in [1.29, 1.82) is 0 Å². The first kappa shape index (κ1) is 16.0. The molecule has 0 aliphatic rings. The van der Waals surface area contributed by atoms with Crippen LogP contribution >= 0.6 is 15.9 Å². The molecule has 0 fully saturated rings. The van der Waals surface area contributed by atoms with Gasteiger partial charge in [0.1, 0.15) is 11.4 Å². The first-order valence-corrected chi connectivity index (χ1v) is 7.11. The summed E-state index contributed by atoms with van der Waals surface area (Å²) in [5, 5.41) is 13.6. The van der Waals surface area contributed by atoms with Gasteiger partial charge in [0, 0.05) is 10.5 Å². The number of methoxy groups -OCH3 is 1. The molecule has 0 saturated carbocycles. The second-order valence-corrected chi connectivity index (χ2v) is 5.49. The molecule has 0 atom stereocenters. The molecule has 0 unspecified atom stereocenters. The summed E-state index contributed by atoms with van der Waals surface area (Å²) in [6.07, 6.45) is 0. The summed E-state index contributed by atoms with van der Waals surface area (Å²) in [6, 6.07) is 9.59. The van der Waals surface area contributed by atoms with Crippen LogP contribution in [0.5, 0.6) is 5.75 Å². The quantitative estimate of drug-likeness (QED) is 0.658. The lowest BCUT2D eigenvalue weighted by Crippen LogP contribution is -2.14. The van der Waals surface area contributed by atoms with Crippen LogP contribution in [-0.2, 0) is 0 Å². The molecule has 1 amide bonds. The van der Waals surface area contributed by atoms with Crippen LogP contribution in [0.4, 0.5) is 11.4 Å². The number of rotatable bonds is 4. The molecule has 0 aliphatic heterocycles. The zero-order chi connectivity index (χ0) is 16.3. The molecule has 22 heavy (non-hydrogen) atoms. The molecular weight excluding hydrogens is 352 g/mol. The van der Waals surface area contributed by atoms with Crippen molar-refractivity contribution >= 4 is 33.2 Å². The minimum absolute atomic E-state index is 0.141. The van der Waals surface area contributed by atoms with E-state index in [2.05, 4.69) is 21.2 Å². The van der Waals surface area contributed by atoms with Crippen molar-refractivity contribution in [3.8, 4) is 5.75 Å². The average molecular weight is 365 g/mol. The fourth-order valence-electron chi connectivity index (χ4n) is 1.95. The van der Waals surface area contributed by atoms with Gasteiger partial charge in [-0.15, -0.1) is 0 Å². The van der Waals surface area contributed by atoms with E-state index in [0.29, 0.717) is 10.2 Å². The van der Waals surface area contributed by atoms with Gasteiger partial charge in [-0.3, -0.25) is 14.9 Å². The summed E-state index contributed by atoms with van der Waals surface area (Å²) < 4.78 is 5.85. The van der Waals surface area contributed by atoms with E-state index < -0.39 is 10.8 Å². The monoisotopic (exact) mass is 364 g/mol. The van der Waals surface area contributed by atoms with E-state index in [0.717, 1.165) is 5.56 Å². The third-order valence-electron chi connectivity index (χ3n) is 3.00. The number of nitrogens with zero attached hydrogens (tertiary/aromatic N) is 1. The van der Waals surface area contributed by atoms with Crippen molar-refractivity contribution < 1.29 is 14.5 Å². The molecule has 1 N–H and O–H groups in total. The predicted molar refractivity (Wildman–Crippen MR) is 86.5 cm³/mol. The van der Waals surface area contributed by atoms with Crippen LogP contribution in [0.1, 0.15) is 15.9 Å². The SMILES string of the molecule is COc1ccc(Br)cc1C(=O)Nc1ccc(C)cc1[N+](=O)[O-]. The van der Waals surface area contributed by atoms with Crippen molar-refractivity contribution in [2.24, 2.45) is 0 Å². The van der Waals surface area contributed by atoms with Crippen molar-refractivity contribution in [2.45, 2.75) is 6.92 Å².